The van der Waals surface area contributed by atoms with E-state index < -0.39 is 0 Å². The van der Waals surface area contributed by atoms with Gasteiger partial charge in [0.05, 0.1) is 22.4 Å². The Hall–Kier alpha value is -7.36. The third-order valence-electron chi connectivity index (χ3n) is 11.0. The van der Waals surface area contributed by atoms with Crippen LogP contribution in [0.2, 0.25) is 0 Å². The van der Waals surface area contributed by atoms with Gasteiger partial charge in [0.2, 0.25) is 0 Å². The smallest absolute Gasteiger partial charge is 0.160 e. The minimum Gasteiger partial charge on any atom is -0.454 e. The molecule has 2 aromatic heterocycles. The van der Waals surface area contributed by atoms with Crippen LogP contribution in [-0.2, 0) is 0 Å². The van der Waals surface area contributed by atoms with Crippen molar-refractivity contribution >= 4 is 71.6 Å². The van der Waals surface area contributed by atoms with Gasteiger partial charge in [-0.15, -0.1) is 0 Å². The molecule has 258 valence electrons. The second-order valence-corrected chi connectivity index (χ2v) is 14.1. The molecule has 9 aromatic carbocycles. The third kappa shape index (κ3) is 5.05. The van der Waals surface area contributed by atoms with Crippen molar-refractivity contribution in [3.63, 3.8) is 0 Å². The SMILES string of the molecule is c1ccc(-c2ccccc2N(c2ccc(-c3ccc4c(c3)c3ccccc3n4-c3ccccc3)cc2)c2cc3ccccc3c3c2oc2ccccc23)cc1. The molecule has 0 N–H and O–H groups in total. The maximum atomic E-state index is 6.82. The van der Waals surface area contributed by atoms with Gasteiger partial charge in [-0.2, -0.15) is 0 Å². The second-order valence-electron chi connectivity index (χ2n) is 14.1. The fraction of sp³-hybridized carbons (Fsp3) is 0. The van der Waals surface area contributed by atoms with E-state index in [0.717, 1.165) is 61.4 Å². The molecule has 0 spiro atoms. The van der Waals surface area contributed by atoms with Crippen LogP contribution in [0.3, 0.4) is 0 Å². The molecule has 3 nitrogen and oxygen atoms in total. The highest BCUT2D eigenvalue weighted by Crippen LogP contribution is 2.48. The van der Waals surface area contributed by atoms with E-state index in [1.165, 1.54) is 38.1 Å². The van der Waals surface area contributed by atoms with Gasteiger partial charge in [-0.3, -0.25) is 0 Å². The highest BCUT2D eigenvalue weighted by molar-refractivity contribution is 6.23. The second kappa shape index (κ2) is 12.6. The molecule has 11 aromatic rings. The maximum absolute atomic E-state index is 6.82. The zero-order valence-electron chi connectivity index (χ0n) is 29.9. The summed E-state index contributed by atoms with van der Waals surface area (Å²) in [6.07, 6.45) is 0. The first-order valence-electron chi connectivity index (χ1n) is 18.8. The number of hydrogen-bond donors (Lipinski definition) is 0. The molecule has 0 bridgehead atoms. The van der Waals surface area contributed by atoms with Gasteiger partial charge in [-0.05, 0) is 88.1 Å². The van der Waals surface area contributed by atoms with E-state index >= 15 is 0 Å². The summed E-state index contributed by atoms with van der Waals surface area (Å²) in [5, 5.41) is 7.08. The van der Waals surface area contributed by atoms with Gasteiger partial charge in [0.15, 0.2) is 5.58 Å². The summed E-state index contributed by atoms with van der Waals surface area (Å²) in [5.41, 5.74) is 13.1. The minimum absolute atomic E-state index is 0.868. The average molecular weight is 703 g/mol. The minimum atomic E-state index is 0.868. The van der Waals surface area contributed by atoms with Crippen LogP contribution in [0.1, 0.15) is 0 Å². The summed E-state index contributed by atoms with van der Waals surface area (Å²) in [4.78, 5) is 2.37. The molecule has 11 rings (SSSR count). The number of aromatic nitrogens is 1. The number of fused-ring (bicyclic) bond motifs is 8. The molecule has 0 amide bonds. The Morgan fingerprint density at radius 1 is 0.400 bits per heavy atom. The van der Waals surface area contributed by atoms with Crippen LogP contribution in [0.5, 0.6) is 0 Å². The van der Waals surface area contributed by atoms with Gasteiger partial charge in [-0.1, -0.05) is 146 Å². The molecular weight excluding hydrogens is 669 g/mol. The molecular formula is C52H34N2O. The van der Waals surface area contributed by atoms with Crippen molar-refractivity contribution in [1.29, 1.82) is 0 Å². The molecule has 0 radical (unpaired) electrons. The summed E-state index contributed by atoms with van der Waals surface area (Å²) in [6.45, 7) is 0. The van der Waals surface area contributed by atoms with Gasteiger partial charge in [0, 0.05) is 38.5 Å². The molecule has 0 fully saturated rings. The van der Waals surface area contributed by atoms with Crippen molar-refractivity contribution in [2.75, 3.05) is 4.90 Å². The number of benzene rings is 9. The molecule has 0 aliphatic heterocycles. The van der Waals surface area contributed by atoms with Crippen molar-refractivity contribution in [3.05, 3.63) is 206 Å². The van der Waals surface area contributed by atoms with E-state index in [-0.39, 0.29) is 0 Å². The van der Waals surface area contributed by atoms with Crippen molar-refractivity contribution in [1.82, 2.24) is 4.57 Å². The van der Waals surface area contributed by atoms with Crippen LogP contribution in [0.4, 0.5) is 17.1 Å². The first-order chi connectivity index (χ1) is 27.3. The van der Waals surface area contributed by atoms with Crippen LogP contribution < -0.4 is 4.90 Å². The molecule has 0 aliphatic carbocycles. The van der Waals surface area contributed by atoms with E-state index in [9.17, 15) is 0 Å². The number of para-hydroxylation sites is 4. The zero-order valence-corrected chi connectivity index (χ0v) is 29.9. The Balaban J connectivity index is 1.11. The molecule has 0 saturated heterocycles. The maximum Gasteiger partial charge on any atom is 0.160 e. The monoisotopic (exact) mass is 702 g/mol. The Morgan fingerprint density at radius 3 is 1.87 bits per heavy atom. The molecule has 3 heteroatoms. The van der Waals surface area contributed by atoms with Gasteiger partial charge in [0.25, 0.3) is 0 Å². The fourth-order valence-corrected chi connectivity index (χ4v) is 8.47. The average Bonchev–Trinajstić information content (AvgIpc) is 3.81. The summed E-state index contributed by atoms with van der Waals surface area (Å²) in [5.74, 6) is 0. The summed E-state index contributed by atoms with van der Waals surface area (Å²) in [7, 11) is 0. The number of anilines is 3. The van der Waals surface area contributed by atoms with Gasteiger partial charge in [-0.25, -0.2) is 0 Å². The van der Waals surface area contributed by atoms with E-state index in [1.54, 1.807) is 0 Å². The number of nitrogens with zero attached hydrogens (tertiary/aromatic N) is 2. The zero-order chi connectivity index (χ0) is 36.3. The summed E-state index contributed by atoms with van der Waals surface area (Å²) >= 11 is 0. The molecule has 0 unspecified atom stereocenters. The van der Waals surface area contributed by atoms with Crippen molar-refractivity contribution in [2.24, 2.45) is 0 Å². The van der Waals surface area contributed by atoms with E-state index in [2.05, 4.69) is 210 Å². The molecule has 0 saturated carbocycles. The van der Waals surface area contributed by atoms with Gasteiger partial charge < -0.3 is 13.9 Å². The van der Waals surface area contributed by atoms with Crippen LogP contribution in [-0.4, -0.2) is 4.57 Å². The van der Waals surface area contributed by atoms with Gasteiger partial charge in [0.1, 0.15) is 5.58 Å². The van der Waals surface area contributed by atoms with E-state index in [0.29, 0.717) is 0 Å². The Morgan fingerprint density at radius 2 is 1.04 bits per heavy atom. The number of rotatable bonds is 6. The lowest BCUT2D eigenvalue weighted by Crippen LogP contribution is -2.11. The lowest BCUT2D eigenvalue weighted by atomic mass is 9.98. The summed E-state index contributed by atoms with van der Waals surface area (Å²) < 4.78 is 9.18. The molecule has 0 atom stereocenters. The van der Waals surface area contributed by atoms with Crippen LogP contribution >= 0.6 is 0 Å². The predicted molar refractivity (Wildman–Crippen MR) is 231 cm³/mol. The normalized spacial score (nSPS) is 11.6. The van der Waals surface area contributed by atoms with E-state index in [4.69, 9.17) is 4.42 Å². The fourth-order valence-electron chi connectivity index (χ4n) is 8.47. The van der Waals surface area contributed by atoms with Crippen molar-refractivity contribution < 1.29 is 4.42 Å². The van der Waals surface area contributed by atoms with Crippen LogP contribution in [0, 0.1) is 0 Å². The standard InChI is InChI=1S/C52H34N2O/c1-3-15-36(16-4-1)41-20-9-12-24-46(41)54(49-34-38-17-7-8-21-42(38)51-44-23-11-14-26-50(44)55-52(49)51)40-30-27-35(28-31-40)37-29-32-48-45(33-37)43-22-10-13-25-47(43)53(48)39-18-5-2-6-19-39/h1-34H. The van der Waals surface area contributed by atoms with Crippen molar-refractivity contribution in [3.8, 4) is 27.9 Å². The lowest BCUT2D eigenvalue weighted by Gasteiger charge is -2.28. The van der Waals surface area contributed by atoms with Gasteiger partial charge >= 0.3 is 0 Å². The van der Waals surface area contributed by atoms with Crippen LogP contribution in [0.25, 0.3) is 82.5 Å². The predicted octanol–water partition coefficient (Wildman–Crippen LogP) is 14.6. The van der Waals surface area contributed by atoms with Crippen LogP contribution in [0.15, 0.2) is 211 Å². The summed E-state index contributed by atoms with van der Waals surface area (Å²) in [6, 6.07) is 73.8. The van der Waals surface area contributed by atoms with E-state index in [1.807, 2.05) is 6.07 Å². The first kappa shape index (κ1) is 31.2. The highest BCUT2D eigenvalue weighted by atomic mass is 16.3. The number of hydrogen-bond acceptors (Lipinski definition) is 2. The Bertz CT molecular complexity index is 3190. The first-order valence-corrected chi connectivity index (χ1v) is 18.8. The molecule has 2 heterocycles. The quantitative estimate of drug-likeness (QED) is 0.172. The highest BCUT2D eigenvalue weighted by Gasteiger charge is 2.24. The van der Waals surface area contributed by atoms with Crippen molar-refractivity contribution in [2.45, 2.75) is 0 Å². The topological polar surface area (TPSA) is 21.3 Å². The Kier molecular flexibility index (Phi) is 7.17. The number of furan rings is 1. The Labute approximate surface area is 318 Å². The lowest BCUT2D eigenvalue weighted by molar-refractivity contribution is 0.669. The largest absolute Gasteiger partial charge is 0.454 e. The third-order valence-corrected chi connectivity index (χ3v) is 11.0. The molecule has 0 aliphatic rings. The molecule has 55 heavy (non-hydrogen) atoms.